The van der Waals surface area contributed by atoms with Crippen LogP contribution in [0.3, 0.4) is 0 Å². The Morgan fingerprint density at radius 2 is 1.71 bits per heavy atom. The molecule has 18 heteroatoms. The van der Waals surface area contributed by atoms with Crippen LogP contribution in [0.5, 0.6) is 23.1 Å². The predicted octanol–water partition coefficient (Wildman–Crippen LogP) is 7.92. The number of piperazine rings is 1. The molecule has 0 aliphatic carbocycles. The number of carboxylic acids is 1. The molecule has 4 bridgehead atoms. The monoisotopic (exact) mass is 943 g/mol. The van der Waals surface area contributed by atoms with Gasteiger partial charge in [0.1, 0.15) is 53.9 Å². The minimum absolute atomic E-state index is 0.0314. The van der Waals surface area contributed by atoms with Crippen molar-refractivity contribution in [2.75, 3.05) is 73.1 Å². The molecule has 7 heterocycles. The van der Waals surface area contributed by atoms with Gasteiger partial charge in [-0.15, -0.1) is 11.3 Å². The van der Waals surface area contributed by atoms with Gasteiger partial charge in [-0.3, -0.25) is 4.90 Å². The maximum Gasteiger partial charge on any atom is 0.345 e. The van der Waals surface area contributed by atoms with Crippen LogP contribution in [0.25, 0.3) is 31.8 Å². The van der Waals surface area contributed by atoms with E-state index in [-0.39, 0.29) is 31.6 Å². The van der Waals surface area contributed by atoms with E-state index in [4.69, 9.17) is 51.9 Å². The van der Waals surface area contributed by atoms with Crippen LogP contribution >= 0.6 is 34.5 Å². The number of nitrogens with zero attached hydrogens (tertiary/aromatic N) is 7. The summed E-state index contributed by atoms with van der Waals surface area (Å²) >= 11 is 16.0. The third-order valence-electron chi connectivity index (χ3n) is 12.0. The van der Waals surface area contributed by atoms with Gasteiger partial charge in [0.15, 0.2) is 11.6 Å². The van der Waals surface area contributed by atoms with Gasteiger partial charge in [0.05, 0.1) is 27.7 Å². The largest absolute Gasteiger partial charge is 0.490 e. The number of morpholine rings is 1. The molecule has 3 aromatic heterocycles. The zero-order chi connectivity index (χ0) is 45.4. The van der Waals surface area contributed by atoms with Crippen LogP contribution in [0.2, 0.25) is 10.0 Å². The van der Waals surface area contributed by atoms with Crippen LogP contribution in [0, 0.1) is 19.7 Å². The van der Waals surface area contributed by atoms with Crippen molar-refractivity contribution < 1.29 is 38.0 Å². The molecule has 10 rings (SSSR count). The number of benzene rings is 3. The van der Waals surface area contributed by atoms with E-state index in [9.17, 15) is 14.3 Å². The van der Waals surface area contributed by atoms with Crippen LogP contribution in [-0.2, 0) is 22.6 Å². The minimum Gasteiger partial charge on any atom is -0.490 e. The number of ether oxygens (including phenoxy) is 5. The molecule has 6 aromatic rings. The highest BCUT2D eigenvalue weighted by molar-refractivity contribution is 7.22. The van der Waals surface area contributed by atoms with Crippen molar-refractivity contribution in [1.29, 1.82) is 0 Å². The Bertz CT molecular complexity index is 2690. The lowest BCUT2D eigenvalue weighted by Gasteiger charge is -2.35. The maximum absolute atomic E-state index is 14.4. The van der Waals surface area contributed by atoms with Gasteiger partial charge in [-0.05, 0) is 86.6 Å². The van der Waals surface area contributed by atoms with E-state index < -0.39 is 24.0 Å². The second-order valence-corrected chi connectivity index (χ2v) is 18.4. The summed E-state index contributed by atoms with van der Waals surface area (Å²) in [6.45, 7) is 10.0. The lowest BCUT2D eigenvalue weighted by atomic mass is 9.92. The summed E-state index contributed by atoms with van der Waals surface area (Å²) in [4.78, 5) is 39.7. The van der Waals surface area contributed by atoms with Crippen LogP contribution in [0.4, 0.5) is 4.39 Å². The number of fused-ring (bicyclic) bond motifs is 7. The van der Waals surface area contributed by atoms with Crippen molar-refractivity contribution in [3.8, 4) is 44.7 Å². The Labute approximate surface area is 389 Å². The molecule has 4 aliphatic rings. The number of thiophene rings is 1. The van der Waals surface area contributed by atoms with E-state index in [1.807, 2.05) is 20.9 Å². The summed E-state index contributed by atoms with van der Waals surface area (Å²) in [6.07, 6.45) is 0.618. The van der Waals surface area contributed by atoms with E-state index in [2.05, 4.69) is 36.7 Å². The summed E-state index contributed by atoms with van der Waals surface area (Å²) in [5, 5.41) is 11.9. The summed E-state index contributed by atoms with van der Waals surface area (Å²) in [6, 6.07) is 13.2. The molecule has 0 unspecified atom stereocenters. The Balaban J connectivity index is 1.16. The number of carbonyl (C=O) groups is 1. The van der Waals surface area contributed by atoms with Crippen molar-refractivity contribution in [2.45, 2.75) is 45.2 Å². The number of halogens is 3. The molecule has 340 valence electrons. The van der Waals surface area contributed by atoms with Crippen LogP contribution in [0.1, 0.15) is 34.3 Å². The van der Waals surface area contributed by atoms with E-state index in [0.29, 0.717) is 107 Å². The number of aromatic nitrogens is 4. The Hall–Kier alpha value is -5.20. The highest BCUT2D eigenvalue weighted by Crippen LogP contribution is 2.53. The molecular weight excluding hydrogens is 897 g/mol. The summed E-state index contributed by atoms with van der Waals surface area (Å²) in [5.74, 6) is 0.159. The average Bonchev–Trinajstić information content (AvgIpc) is 3.69. The first-order valence-electron chi connectivity index (χ1n) is 21.4. The van der Waals surface area contributed by atoms with Gasteiger partial charge < -0.3 is 38.6 Å². The molecule has 65 heavy (non-hydrogen) atoms. The smallest absolute Gasteiger partial charge is 0.345 e. The average molecular weight is 945 g/mol. The Morgan fingerprint density at radius 3 is 2.45 bits per heavy atom. The lowest BCUT2D eigenvalue weighted by Crippen LogP contribution is -2.49. The second-order valence-electron chi connectivity index (χ2n) is 16.6. The van der Waals surface area contributed by atoms with E-state index >= 15 is 0 Å². The molecular formula is C47H48Cl2FN7O7S. The molecule has 0 amide bonds. The van der Waals surface area contributed by atoms with Gasteiger partial charge in [-0.25, -0.2) is 29.1 Å². The van der Waals surface area contributed by atoms with Crippen molar-refractivity contribution in [1.82, 2.24) is 34.6 Å². The number of hydrogen-bond donors (Lipinski definition) is 1. The van der Waals surface area contributed by atoms with Crippen molar-refractivity contribution in [3.63, 3.8) is 0 Å². The highest BCUT2D eigenvalue weighted by Gasteiger charge is 2.32. The summed E-state index contributed by atoms with van der Waals surface area (Å²) in [7, 11) is 4.14. The molecule has 1 N–H and O–H groups in total. The number of hydrogen-bond acceptors (Lipinski definition) is 14. The lowest BCUT2D eigenvalue weighted by molar-refractivity contribution is -0.145. The predicted molar refractivity (Wildman–Crippen MR) is 246 cm³/mol. The summed E-state index contributed by atoms with van der Waals surface area (Å²) in [5.41, 5.74) is 4.42. The van der Waals surface area contributed by atoms with Gasteiger partial charge in [0.2, 0.25) is 12.0 Å². The Morgan fingerprint density at radius 1 is 0.938 bits per heavy atom. The van der Waals surface area contributed by atoms with Crippen molar-refractivity contribution in [3.05, 3.63) is 105 Å². The zero-order valence-electron chi connectivity index (χ0n) is 36.4. The highest BCUT2D eigenvalue weighted by atomic mass is 35.5. The van der Waals surface area contributed by atoms with Crippen LogP contribution in [0.15, 0.2) is 61.1 Å². The molecule has 3 atom stereocenters. The fraction of sp³-hybridized carbons (Fsp3) is 0.383. The fourth-order valence-corrected chi connectivity index (χ4v) is 10.1. The molecule has 2 fully saturated rings. The molecule has 14 nitrogen and oxygen atoms in total. The van der Waals surface area contributed by atoms with E-state index in [0.717, 1.165) is 32.7 Å². The van der Waals surface area contributed by atoms with Crippen molar-refractivity contribution >= 4 is 50.7 Å². The summed E-state index contributed by atoms with van der Waals surface area (Å²) < 4.78 is 46.6. The van der Waals surface area contributed by atoms with Crippen LogP contribution < -0.4 is 18.9 Å². The third-order valence-corrected chi connectivity index (χ3v) is 14.1. The molecule has 0 saturated carbocycles. The molecule has 0 radical (unpaired) electrons. The first-order chi connectivity index (χ1) is 31.4. The second kappa shape index (κ2) is 19.3. The normalized spacial score (nSPS) is 19.9. The van der Waals surface area contributed by atoms with Gasteiger partial charge >= 0.3 is 5.97 Å². The van der Waals surface area contributed by atoms with E-state index in [1.165, 1.54) is 29.8 Å². The van der Waals surface area contributed by atoms with Gasteiger partial charge in [-0.2, -0.15) is 0 Å². The Kier molecular flexibility index (Phi) is 13.4. The maximum atomic E-state index is 14.4. The van der Waals surface area contributed by atoms with Crippen LogP contribution in [-0.4, -0.2) is 131 Å². The first-order valence-corrected chi connectivity index (χ1v) is 23.0. The van der Waals surface area contributed by atoms with Gasteiger partial charge in [-0.1, -0.05) is 35.3 Å². The fourth-order valence-electron chi connectivity index (χ4n) is 8.45. The third kappa shape index (κ3) is 9.71. The number of carboxylic acid groups (broad SMARTS) is 1. The molecule has 3 aromatic carbocycles. The zero-order valence-corrected chi connectivity index (χ0v) is 38.7. The number of rotatable bonds is 8. The van der Waals surface area contributed by atoms with Crippen molar-refractivity contribution in [2.24, 2.45) is 0 Å². The molecule has 2 saturated heterocycles. The minimum atomic E-state index is -1.46. The first kappa shape index (κ1) is 45.0. The molecule has 0 spiro atoms. The topological polar surface area (TPSA) is 145 Å². The number of likely N-dealkylation sites (N-methyl/N-ethyl adjacent to an activating group) is 2. The number of aliphatic carboxylic acids is 1. The molecule has 4 aliphatic heterocycles. The van der Waals surface area contributed by atoms with Gasteiger partial charge in [0, 0.05) is 74.4 Å². The quantitative estimate of drug-likeness (QED) is 0.158. The SMILES string of the molecule is Cc1c(Cl)c2c(Cl)c(C)c1-c1c(-c3ccc(F)cc3)sc3ncnc(c13)O[C@@H](C(=O)O)Cc1cc(ccc1OCc1ccnc([C@@H]3CN(C)CCO3)n1)OC[C@@H](CN1CCN(C)CC1)O2. The standard InChI is InChI=1S/C47H48Cl2FN7O7S/c1-26-37-27(2)41(49)42(40(26)48)63-33(21-57-15-13-55(3)14-16-57)24-61-32-9-10-34(62-23-31-11-12-51-44(54-31)36-22-56(4)17-18-60-36)29(19-32)20-35(47(58)59)64-45-39-38(37)43(65-46(39)53-25-52-45)28-5-7-30(50)8-6-28/h5-12,19,25,33,35-36H,13-18,20-24H2,1-4H3,(H,58,59)/t33-,35-,36+/m1/s1. The van der Waals surface area contributed by atoms with E-state index in [1.54, 1.807) is 42.6 Å². The van der Waals surface area contributed by atoms with Gasteiger partial charge in [0.25, 0.3) is 0 Å².